The van der Waals surface area contributed by atoms with E-state index in [9.17, 15) is 26.8 Å². The fraction of sp³-hybridized carbons (Fsp3) is 0.231. The Morgan fingerprint density at radius 2 is 1.74 bits per heavy atom. The molecule has 0 bridgehead atoms. The Kier molecular flexibility index (Phi) is 6.53. The number of aryl methyl sites for hydroxylation is 1. The topological polar surface area (TPSA) is 111 Å². The number of ether oxygens (including phenoxy) is 2. The van der Waals surface area contributed by atoms with E-state index in [0.717, 1.165) is 18.4 Å². The van der Waals surface area contributed by atoms with Gasteiger partial charge in [0.2, 0.25) is 0 Å². The lowest BCUT2D eigenvalue weighted by atomic mass is 10.0. The zero-order valence-electron chi connectivity index (χ0n) is 20.5. The van der Waals surface area contributed by atoms with Crippen LogP contribution in [0.5, 0.6) is 11.5 Å². The molecule has 4 aromatic rings. The number of halogens is 2. The summed E-state index contributed by atoms with van der Waals surface area (Å²) < 4.78 is 64.9. The lowest BCUT2D eigenvalue weighted by Crippen LogP contribution is -2.40. The summed E-state index contributed by atoms with van der Waals surface area (Å²) >= 11 is 0. The van der Waals surface area contributed by atoms with Gasteiger partial charge in [-0.3, -0.25) is 9.59 Å². The highest BCUT2D eigenvalue weighted by Crippen LogP contribution is 2.39. The Hall–Kier alpha value is -4.03. The molecule has 2 aromatic heterocycles. The number of pyridine rings is 1. The Labute approximate surface area is 216 Å². The molecular weight excluding hydrogens is 520 g/mol. The van der Waals surface area contributed by atoms with E-state index < -0.39 is 27.0 Å². The number of H-pyrrole nitrogens is 1. The van der Waals surface area contributed by atoms with Gasteiger partial charge < -0.3 is 23.9 Å². The van der Waals surface area contributed by atoms with Crippen LogP contribution in [0.2, 0.25) is 0 Å². The maximum atomic E-state index is 14.4. The van der Waals surface area contributed by atoms with Gasteiger partial charge in [0.15, 0.2) is 21.4 Å². The zero-order chi connectivity index (χ0) is 27.2. The minimum Gasteiger partial charge on any atom is -0.454 e. The molecular formula is C26H23F2N3O6S. The molecule has 1 N–H and O–H groups in total. The van der Waals surface area contributed by atoms with E-state index >= 15 is 0 Å². The number of sulfone groups is 1. The molecule has 0 saturated carbocycles. The summed E-state index contributed by atoms with van der Waals surface area (Å²) in [6, 6.07) is 8.35. The highest BCUT2D eigenvalue weighted by atomic mass is 32.2. The molecule has 0 atom stereocenters. The molecule has 0 unspecified atom stereocenters. The second-order valence-electron chi connectivity index (χ2n) is 8.94. The van der Waals surface area contributed by atoms with Crippen LogP contribution in [0.1, 0.15) is 10.5 Å². The Balaban J connectivity index is 1.71. The van der Waals surface area contributed by atoms with Gasteiger partial charge in [-0.25, -0.2) is 17.2 Å². The van der Waals surface area contributed by atoms with Crippen LogP contribution >= 0.6 is 0 Å². The van der Waals surface area contributed by atoms with Gasteiger partial charge in [-0.2, -0.15) is 0 Å². The highest BCUT2D eigenvalue weighted by Gasteiger charge is 2.24. The van der Waals surface area contributed by atoms with E-state index in [0.29, 0.717) is 43.3 Å². The predicted octanol–water partition coefficient (Wildman–Crippen LogP) is 3.48. The van der Waals surface area contributed by atoms with Crippen LogP contribution in [0.15, 0.2) is 58.4 Å². The van der Waals surface area contributed by atoms with E-state index in [1.807, 2.05) is 0 Å². The molecule has 1 amide bonds. The van der Waals surface area contributed by atoms with Crippen molar-refractivity contribution in [2.75, 3.05) is 32.6 Å². The lowest BCUT2D eigenvalue weighted by Gasteiger charge is -2.26. The first-order valence-corrected chi connectivity index (χ1v) is 13.5. The number of aromatic nitrogens is 2. The lowest BCUT2D eigenvalue weighted by molar-refractivity contribution is 0.0299. The van der Waals surface area contributed by atoms with Crippen molar-refractivity contribution in [3.8, 4) is 22.6 Å². The molecule has 198 valence electrons. The van der Waals surface area contributed by atoms with Crippen molar-refractivity contribution < 1.29 is 31.5 Å². The minimum atomic E-state index is -3.66. The molecule has 38 heavy (non-hydrogen) atoms. The molecule has 3 heterocycles. The standard InChI is InChI=1S/C26H23F2N3O6S/c1-30-14-19(18-13-21(29-24(18)26(30)33)25(32)31-7-9-36-10-8-31)17-12-16(38(2,34)35)4-6-22(17)37-23-5-3-15(27)11-20(23)28/h3-6,11-14,29H,7-10H2,1-2H3. The van der Waals surface area contributed by atoms with Crippen molar-refractivity contribution >= 4 is 26.6 Å². The van der Waals surface area contributed by atoms with Crippen LogP contribution in [0.3, 0.4) is 0 Å². The number of benzene rings is 2. The number of hydrogen-bond donors (Lipinski definition) is 1. The number of carbonyl (C=O) groups excluding carboxylic acids is 1. The summed E-state index contributed by atoms with van der Waals surface area (Å²) in [5, 5.41) is 0.347. The summed E-state index contributed by atoms with van der Waals surface area (Å²) in [6.07, 6.45) is 2.52. The first-order valence-electron chi connectivity index (χ1n) is 11.6. The minimum absolute atomic E-state index is 0.0402. The van der Waals surface area contributed by atoms with Gasteiger partial charge in [0.25, 0.3) is 11.5 Å². The third-order valence-corrected chi connectivity index (χ3v) is 7.39. The average Bonchev–Trinajstić information content (AvgIpc) is 3.33. The number of nitrogens with one attached hydrogen (secondary N) is 1. The fourth-order valence-corrected chi connectivity index (χ4v) is 4.96. The van der Waals surface area contributed by atoms with E-state index in [2.05, 4.69) is 4.98 Å². The van der Waals surface area contributed by atoms with Crippen molar-refractivity contribution in [2.45, 2.75) is 4.90 Å². The summed E-state index contributed by atoms with van der Waals surface area (Å²) in [5.74, 6) is -2.27. The third kappa shape index (κ3) is 4.79. The molecule has 1 saturated heterocycles. The van der Waals surface area contributed by atoms with Gasteiger partial charge in [0.05, 0.1) is 18.1 Å². The van der Waals surface area contributed by atoms with Gasteiger partial charge in [-0.1, -0.05) is 0 Å². The molecule has 0 aliphatic carbocycles. The SMILES string of the molecule is Cn1cc(-c2cc(S(C)(=O)=O)ccc2Oc2ccc(F)cc2F)c2cc(C(=O)N3CCOCC3)[nH]c2c1=O. The first-order chi connectivity index (χ1) is 18.0. The number of hydrogen-bond acceptors (Lipinski definition) is 6. The maximum absolute atomic E-state index is 14.4. The highest BCUT2D eigenvalue weighted by molar-refractivity contribution is 7.90. The number of rotatable bonds is 5. The van der Waals surface area contributed by atoms with Gasteiger partial charge in [0.1, 0.15) is 22.8 Å². The quantitative estimate of drug-likeness (QED) is 0.413. The largest absolute Gasteiger partial charge is 0.454 e. The van der Waals surface area contributed by atoms with Crippen LogP contribution in [-0.4, -0.2) is 61.3 Å². The van der Waals surface area contributed by atoms with Gasteiger partial charge >= 0.3 is 0 Å². The summed E-state index contributed by atoms with van der Waals surface area (Å²) in [6.45, 7) is 1.60. The van der Waals surface area contributed by atoms with Gasteiger partial charge in [0, 0.05) is 55.2 Å². The monoisotopic (exact) mass is 543 g/mol. The molecule has 9 nitrogen and oxygen atoms in total. The fourth-order valence-electron chi connectivity index (χ4n) is 4.32. The Morgan fingerprint density at radius 1 is 1.03 bits per heavy atom. The van der Waals surface area contributed by atoms with E-state index in [1.165, 1.54) is 42.1 Å². The van der Waals surface area contributed by atoms with E-state index in [1.54, 1.807) is 4.90 Å². The van der Waals surface area contributed by atoms with Crippen LogP contribution < -0.4 is 10.3 Å². The van der Waals surface area contributed by atoms with E-state index in [4.69, 9.17) is 9.47 Å². The number of carbonyl (C=O) groups is 1. The normalized spacial score (nSPS) is 14.2. The van der Waals surface area contributed by atoms with Crippen molar-refractivity contribution in [1.82, 2.24) is 14.5 Å². The van der Waals surface area contributed by atoms with E-state index in [-0.39, 0.29) is 39.1 Å². The molecule has 2 aromatic carbocycles. The molecule has 12 heteroatoms. The van der Waals surface area contributed by atoms with Crippen molar-refractivity contribution in [3.05, 3.63) is 76.3 Å². The molecule has 0 spiro atoms. The van der Waals surface area contributed by atoms with Crippen LogP contribution in [0.25, 0.3) is 22.0 Å². The molecule has 1 aliphatic rings. The summed E-state index contributed by atoms with van der Waals surface area (Å²) in [5.41, 5.74) is 0.489. The smallest absolute Gasteiger partial charge is 0.274 e. The van der Waals surface area contributed by atoms with Crippen LogP contribution in [0.4, 0.5) is 8.78 Å². The van der Waals surface area contributed by atoms with Crippen molar-refractivity contribution in [1.29, 1.82) is 0 Å². The molecule has 1 fully saturated rings. The zero-order valence-corrected chi connectivity index (χ0v) is 21.3. The predicted molar refractivity (Wildman–Crippen MR) is 135 cm³/mol. The third-order valence-electron chi connectivity index (χ3n) is 6.28. The summed E-state index contributed by atoms with van der Waals surface area (Å²) in [7, 11) is -2.15. The number of nitrogens with zero attached hydrogens (tertiary/aromatic N) is 2. The van der Waals surface area contributed by atoms with Gasteiger partial charge in [-0.15, -0.1) is 0 Å². The van der Waals surface area contributed by atoms with Crippen LogP contribution in [-0.2, 0) is 21.6 Å². The molecule has 0 radical (unpaired) electrons. The summed E-state index contributed by atoms with van der Waals surface area (Å²) in [4.78, 5) is 30.6. The number of fused-ring (bicyclic) bond motifs is 1. The number of aromatic amines is 1. The number of amides is 1. The van der Waals surface area contributed by atoms with Gasteiger partial charge in [-0.05, 0) is 36.4 Å². The van der Waals surface area contributed by atoms with Crippen LogP contribution in [0, 0.1) is 11.6 Å². The van der Waals surface area contributed by atoms with Crippen molar-refractivity contribution in [3.63, 3.8) is 0 Å². The molecule has 5 rings (SSSR count). The Bertz CT molecular complexity index is 1740. The molecule has 1 aliphatic heterocycles. The second-order valence-corrected chi connectivity index (χ2v) is 11.0. The Morgan fingerprint density at radius 3 is 2.42 bits per heavy atom. The maximum Gasteiger partial charge on any atom is 0.274 e. The number of morpholine rings is 1. The second kappa shape index (κ2) is 9.69. The average molecular weight is 544 g/mol. The first kappa shape index (κ1) is 25.6. The van der Waals surface area contributed by atoms with Crippen molar-refractivity contribution in [2.24, 2.45) is 7.05 Å².